The molecular weight excluding hydrogens is 296 g/mol. The Balaban J connectivity index is 1.68. The second kappa shape index (κ2) is 6.23. The number of aromatic nitrogens is 2. The molecule has 3 aromatic rings. The van der Waals surface area contributed by atoms with Gasteiger partial charge in [-0.25, -0.2) is 4.98 Å². The first kappa shape index (κ1) is 14.7. The van der Waals surface area contributed by atoms with E-state index >= 15 is 0 Å². The molecule has 0 spiro atoms. The number of fused-ring (bicyclic) bond motifs is 1. The summed E-state index contributed by atoms with van der Waals surface area (Å²) in [5, 5.41) is 0.766. The van der Waals surface area contributed by atoms with Crippen molar-refractivity contribution in [1.82, 2.24) is 9.97 Å². The highest BCUT2D eigenvalue weighted by Crippen LogP contribution is 2.21. The number of aromatic amines is 1. The summed E-state index contributed by atoms with van der Waals surface area (Å²) in [6.07, 6.45) is 0. The maximum absolute atomic E-state index is 12.2. The summed E-state index contributed by atoms with van der Waals surface area (Å²) in [5.41, 5.74) is 3.78. The summed E-state index contributed by atoms with van der Waals surface area (Å²) in [6.45, 7) is 2.04. The lowest BCUT2D eigenvalue weighted by Crippen LogP contribution is -2.02. The molecule has 0 atom stereocenters. The van der Waals surface area contributed by atoms with Crippen molar-refractivity contribution in [3.63, 3.8) is 0 Å². The average molecular weight is 312 g/mol. The molecule has 0 aliphatic carbocycles. The van der Waals surface area contributed by atoms with Crippen LogP contribution in [0.15, 0.2) is 47.6 Å². The van der Waals surface area contributed by atoms with Crippen molar-refractivity contribution < 1.29 is 9.53 Å². The molecule has 112 valence electrons. The van der Waals surface area contributed by atoms with Crippen molar-refractivity contribution in [3.8, 4) is 5.75 Å². The first-order valence-electron chi connectivity index (χ1n) is 6.92. The van der Waals surface area contributed by atoms with Crippen LogP contribution in [0.5, 0.6) is 5.75 Å². The van der Waals surface area contributed by atoms with E-state index in [9.17, 15) is 4.79 Å². The molecule has 5 heteroatoms. The number of carbonyl (C=O) groups excluding carboxylic acids is 1. The Labute approximate surface area is 132 Å². The molecule has 0 aliphatic heterocycles. The van der Waals surface area contributed by atoms with Crippen LogP contribution in [0.4, 0.5) is 0 Å². The van der Waals surface area contributed by atoms with Gasteiger partial charge in [-0.15, -0.1) is 0 Å². The number of rotatable bonds is 5. The molecule has 2 aromatic carbocycles. The van der Waals surface area contributed by atoms with Crippen molar-refractivity contribution >= 4 is 28.6 Å². The van der Waals surface area contributed by atoms with E-state index in [2.05, 4.69) is 16.0 Å². The topological polar surface area (TPSA) is 55.0 Å². The average Bonchev–Trinajstić information content (AvgIpc) is 2.94. The van der Waals surface area contributed by atoms with Gasteiger partial charge in [-0.1, -0.05) is 17.8 Å². The summed E-state index contributed by atoms with van der Waals surface area (Å²) in [7, 11) is 1.61. The van der Waals surface area contributed by atoms with E-state index in [-0.39, 0.29) is 5.78 Å². The summed E-state index contributed by atoms with van der Waals surface area (Å²) < 4.78 is 5.09. The van der Waals surface area contributed by atoms with Gasteiger partial charge in [-0.05, 0) is 48.9 Å². The zero-order valence-electron chi connectivity index (χ0n) is 12.4. The molecule has 22 heavy (non-hydrogen) atoms. The van der Waals surface area contributed by atoms with Gasteiger partial charge >= 0.3 is 0 Å². The minimum Gasteiger partial charge on any atom is -0.497 e. The van der Waals surface area contributed by atoms with Crippen LogP contribution in [0.1, 0.15) is 15.9 Å². The van der Waals surface area contributed by atoms with Crippen LogP contribution in [0, 0.1) is 6.92 Å². The molecule has 4 nitrogen and oxygen atoms in total. The van der Waals surface area contributed by atoms with Gasteiger partial charge in [0, 0.05) is 5.56 Å². The number of ether oxygens (including phenoxy) is 1. The van der Waals surface area contributed by atoms with Crippen molar-refractivity contribution in [3.05, 3.63) is 53.6 Å². The highest BCUT2D eigenvalue weighted by atomic mass is 32.2. The molecule has 0 unspecified atom stereocenters. The van der Waals surface area contributed by atoms with Gasteiger partial charge in [0.05, 0.1) is 23.9 Å². The highest BCUT2D eigenvalue weighted by molar-refractivity contribution is 7.99. The molecule has 0 aliphatic rings. The first-order valence-corrected chi connectivity index (χ1v) is 7.91. The van der Waals surface area contributed by atoms with E-state index in [0.29, 0.717) is 11.3 Å². The maximum atomic E-state index is 12.2. The standard InChI is InChI=1S/C17H16N2O2S/c1-11-3-8-14-15(9-11)19-17(18-14)22-10-16(20)12-4-6-13(21-2)7-5-12/h3-9H,10H2,1-2H3,(H,18,19). The quantitative estimate of drug-likeness (QED) is 0.574. The van der Waals surface area contributed by atoms with Crippen LogP contribution in [-0.4, -0.2) is 28.6 Å². The Kier molecular flexibility index (Phi) is 4.15. The van der Waals surface area contributed by atoms with Crippen LogP contribution >= 0.6 is 11.8 Å². The van der Waals surface area contributed by atoms with E-state index < -0.39 is 0 Å². The van der Waals surface area contributed by atoms with Crippen LogP contribution in [0.3, 0.4) is 0 Å². The summed E-state index contributed by atoms with van der Waals surface area (Å²) in [5.74, 6) is 1.17. The summed E-state index contributed by atoms with van der Waals surface area (Å²) in [4.78, 5) is 19.9. The minimum absolute atomic E-state index is 0.0734. The lowest BCUT2D eigenvalue weighted by Gasteiger charge is -2.02. The minimum atomic E-state index is 0.0734. The largest absolute Gasteiger partial charge is 0.497 e. The third kappa shape index (κ3) is 3.14. The Morgan fingerprint density at radius 3 is 2.73 bits per heavy atom. The molecule has 1 aromatic heterocycles. The maximum Gasteiger partial charge on any atom is 0.173 e. The van der Waals surface area contributed by atoms with Gasteiger partial charge in [0.25, 0.3) is 0 Å². The van der Waals surface area contributed by atoms with Crippen LogP contribution < -0.4 is 4.74 Å². The molecule has 0 bridgehead atoms. The Morgan fingerprint density at radius 2 is 2.00 bits per heavy atom. The Bertz CT molecular complexity index is 809. The molecule has 1 N–H and O–H groups in total. The van der Waals surface area contributed by atoms with E-state index in [4.69, 9.17) is 4.74 Å². The monoisotopic (exact) mass is 312 g/mol. The second-order valence-electron chi connectivity index (χ2n) is 5.00. The fraction of sp³-hybridized carbons (Fsp3) is 0.176. The number of nitrogens with zero attached hydrogens (tertiary/aromatic N) is 1. The number of carbonyl (C=O) groups is 1. The van der Waals surface area contributed by atoms with Gasteiger partial charge < -0.3 is 9.72 Å². The molecule has 0 saturated carbocycles. The molecule has 3 rings (SSSR count). The number of aryl methyl sites for hydroxylation is 1. The Morgan fingerprint density at radius 1 is 1.23 bits per heavy atom. The Hall–Kier alpha value is -2.27. The van der Waals surface area contributed by atoms with Gasteiger partial charge in [0.1, 0.15) is 5.75 Å². The zero-order valence-corrected chi connectivity index (χ0v) is 13.2. The predicted octanol–water partition coefficient (Wildman–Crippen LogP) is 3.85. The molecule has 1 heterocycles. The fourth-order valence-corrected chi connectivity index (χ4v) is 2.94. The number of hydrogen-bond donors (Lipinski definition) is 1. The number of methoxy groups -OCH3 is 1. The van der Waals surface area contributed by atoms with E-state index in [0.717, 1.165) is 21.9 Å². The number of H-pyrrole nitrogens is 1. The molecular formula is C17H16N2O2S. The molecule has 0 saturated heterocycles. The number of imidazole rings is 1. The molecule has 0 amide bonds. The smallest absolute Gasteiger partial charge is 0.173 e. The van der Waals surface area contributed by atoms with E-state index in [1.54, 1.807) is 31.4 Å². The van der Waals surface area contributed by atoms with E-state index in [1.165, 1.54) is 17.3 Å². The summed E-state index contributed by atoms with van der Waals surface area (Å²) >= 11 is 1.42. The fourth-order valence-electron chi connectivity index (χ4n) is 2.16. The SMILES string of the molecule is COc1ccc(C(=O)CSc2nc3ccc(C)cc3[nH]2)cc1. The van der Waals surface area contributed by atoms with E-state index in [1.807, 2.05) is 19.1 Å². The van der Waals surface area contributed by atoms with Gasteiger partial charge in [-0.3, -0.25) is 4.79 Å². The van der Waals surface area contributed by atoms with Crippen LogP contribution in [0.2, 0.25) is 0 Å². The summed E-state index contributed by atoms with van der Waals surface area (Å²) in [6, 6.07) is 13.2. The van der Waals surface area contributed by atoms with Crippen molar-refractivity contribution in [2.45, 2.75) is 12.1 Å². The lowest BCUT2D eigenvalue weighted by molar-refractivity contribution is 0.102. The molecule has 0 radical (unpaired) electrons. The number of thioether (sulfide) groups is 1. The third-order valence-corrected chi connectivity index (χ3v) is 4.24. The third-order valence-electron chi connectivity index (χ3n) is 3.37. The van der Waals surface area contributed by atoms with Gasteiger partial charge in [0.15, 0.2) is 10.9 Å². The van der Waals surface area contributed by atoms with Crippen LogP contribution in [-0.2, 0) is 0 Å². The highest BCUT2D eigenvalue weighted by Gasteiger charge is 2.09. The number of ketones is 1. The number of hydrogen-bond acceptors (Lipinski definition) is 4. The number of nitrogens with one attached hydrogen (secondary N) is 1. The normalized spacial score (nSPS) is 10.8. The molecule has 0 fully saturated rings. The van der Waals surface area contributed by atoms with Gasteiger partial charge in [-0.2, -0.15) is 0 Å². The lowest BCUT2D eigenvalue weighted by atomic mass is 10.1. The zero-order chi connectivity index (χ0) is 15.5. The number of benzene rings is 2. The van der Waals surface area contributed by atoms with Crippen molar-refractivity contribution in [2.24, 2.45) is 0 Å². The van der Waals surface area contributed by atoms with Gasteiger partial charge in [0.2, 0.25) is 0 Å². The van der Waals surface area contributed by atoms with Crippen LogP contribution in [0.25, 0.3) is 11.0 Å². The van der Waals surface area contributed by atoms with Crippen molar-refractivity contribution in [1.29, 1.82) is 0 Å². The first-order chi connectivity index (χ1) is 10.7. The predicted molar refractivity (Wildman–Crippen MR) is 88.9 cm³/mol. The van der Waals surface area contributed by atoms with Crippen molar-refractivity contribution in [2.75, 3.05) is 12.9 Å². The number of Topliss-reactive ketones (excluding diaryl/α,β-unsaturated/α-hetero) is 1. The second-order valence-corrected chi connectivity index (χ2v) is 5.97.